The van der Waals surface area contributed by atoms with Crippen molar-refractivity contribution in [3.8, 4) is 0 Å². The molecule has 2 aromatic rings. The number of allylic oxidation sites excluding steroid dienone is 1. The number of aromatic nitrogens is 1. The van der Waals surface area contributed by atoms with Crippen molar-refractivity contribution in [3.63, 3.8) is 0 Å². The van der Waals surface area contributed by atoms with Gasteiger partial charge in [-0.3, -0.25) is 0 Å². The molecule has 1 unspecified atom stereocenters. The highest BCUT2D eigenvalue weighted by Gasteiger charge is 2.24. The molecule has 0 saturated heterocycles. The Morgan fingerprint density at radius 1 is 1.24 bits per heavy atom. The van der Waals surface area contributed by atoms with E-state index in [2.05, 4.69) is 25.0 Å². The van der Waals surface area contributed by atoms with E-state index >= 15 is 0 Å². The average Bonchev–Trinajstić information content (AvgIpc) is 2.93. The number of rotatable bonds is 7. The van der Waals surface area contributed by atoms with Crippen molar-refractivity contribution in [1.29, 1.82) is 0 Å². The van der Waals surface area contributed by atoms with E-state index in [1.165, 1.54) is 0 Å². The summed E-state index contributed by atoms with van der Waals surface area (Å²) >= 11 is 0. The van der Waals surface area contributed by atoms with Gasteiger partial charge >= 0.3 is 0 Å². The maximum absolute atomic E-state index is 12.0. The van der Waals surface area contributed by atoms with Crippen LogP contribution in [-0.2, 0) is 16.6 Å². The van der Waals surface area contributed by atoms with E-state index < -0.39 is 10.0 Å². The molecule has 0 spiro atoms. The molecule has 0 radical (unpaired) electrons. The summed E-state index contributed by atoms with van der Waals surface area (Å²) in [7, 11) is -3.76. The van der Waals surface area contributed by atoms with E-state index in [0.717, 1.165) is 16.8 Å². The van der Waals surface area contributed by atoms with Gasteiger partial charge in [0, 0.05) is 24.4 Å². The minimum Gasteiger partial charge on any atom is -0.347 e. The first-order valence-electron chi connectivity index (χ1n) is 8.35. The van der Waals surface area contributed by atoms with Gasteiger partial charge < -0.3 is 4.57 Å². The first-order chi connectivity index (χ1) is 11.8. The molecule has 0 saturated carbocycles. The topological polar surface area (TPSA) is 65.1 Å². The van der Waals surface area contributed by atoms with E-state index in [4.69, 9.17) is 5.14 Å². The van der Waals surface area contributed by atoms with Crippen molar-refractivity contribution in [3.05, 3.63) is 66.0 Å². The molecule has 0 bridgehead atoms. The highest BCUT2D eigenvalue weighted by Crippen LogP contribution is 2.32. The summed E-state index contributed by atoms with van der Waals surface area (Å²) in [6.45, 7) is 10.7. The second-order valence-corrected chi connectivity index (χ2v) is 7.98. The van der Waals surface area contributed by atoms with Crippen LogP contribution in [0.3, 0.4) is 0 Å². The van der Waals surface area contributed by atoms with Gasteiger partial charge in [-0.1, -0.05) is 50.8 Å². The van der Waals surface area contributed by atoms with Crippen LogP contribution in [0.25, 0.3) is 12.2 Å². The summed E-state index contributed by atoms with van der Waals surface area (Å²) in [4.78, 5) is 0.206. The zero-order valence-corrected chi connectivity index (χ0v) is 15.8. The quantitative estimate of drug-likeness (QED) is 0.804. The molecule has 4 nitrogen and oxygen atoms in total. The lowest BCUT2D eigenvalue weighted by Crippen LogP contribution is -2.21. The molecule has 0 amide bonds. The lowest BCUT2D eigenvalue weighted by Gasteiger charge is -2.25. The van der Waals surface area contributed by atoms with Gasteiger partial charge in [-0.15, -0.1) is 0 Å². The van der Waals surface area contributed by atoms with Crippen molar-refractivity contribution in [2.75, 3.05) is 0 Å². The Morgan fingerprint density at radius 2 is 1.92 bits per heavy atom. The average molecular weight is 359 g/mol. The van der Waals surface area contributed by atoms with Gasteiger partial charge in [0.2, 0.25) is 10.0 Å². The Hall–Kier alpha value is -2.11. The van der Waals surface area contributed by atoms with Crippen LogP contribution < -0.4 is 5.14 Å². The minimum absolute atomic E-state index is 0.0172. The van der Waals surface area contributed by atoms with Crippen molar-refractivity contribution < 1.29 is 8.42 Å². The highest BCUT2D eigenvalue weighted by atomic mass is 32.2. The van der Waals surface area contributed by atoms with Crippen molar-refractivity contribution in [2.24, 2.45) is 11.1 Å². The van der Waals surface area contributed by atoms with E-state index in [1.807, 2.05) is 49.5 Å². The number of primary sulfonamides is 1. The smallest absolute Gasteiger partial charge is 0.238 e. The highest BCUT2D eigenvalue weighted by molar-refractivity contribution is 7.89. The lowest BCUT2D eigenvalue weighted by atomic mass is 9.88. The fourth-order valence-corrected chi connectivity index (χ4v) is 3.93. The molecule has 0 aliphatic carbocycles. The molecular formula is C20H26N2O2S. The molecule has 5 heteroatoms. The summed E-state index contributed by atoms with van der Waals surface area (Å²) in [6.07, 6.45) is 7.87. The maximum Gasteiger partial charge on any atom is 0.238 e. The van der Waals surface area contributed by atoms with Crippen molar-refractivity contribution in [1.82, 2.24) is 4.57 Å². The van der Waals surface area contributed by atoms with Gasteiger partial charge in [-0.2, -0.15) is 0 Å². The summed E-state index contributed by atoms with van der Waals surface area (Å²) < 4.78 is 26.1. The number of nitrogens with zero attached hydrogens (tertiary/aromatic N) is 1. The summed E-state index contributed by atoms with van der Waals surface area (Å²) in [5.41, 5.74) is 2.89. The van der Waals surface area contributed by atoms with Gasteiger partial charge in [-0.25, -0.2) is 13.6 Å². The van der Waals surface area contributed by atoms with Crippen LogP contribution in [0, 0.1) is 5.92 Å². The van der Waals surface area contributed by atoms with Crippen LogP contribution in [0.4, 0.5) is 0 Å². The summed E-state index contributed by atoms with van der Waals surface area (Å²) in [5, 5.41) is 5.43. The molecule has 1 aromatic carbocycles. The minimum atomic E-state index is -3.76. The number of hydrogen-bond acceptors (Lipinski definition) is 2. The molecule has 0 aliphatic heterocycles. The van der Waals surface area contributed by atoms with Crippen molar-refractivity contribution in [2.45, 2.75) is 38.1 Å². The third-order valence-electron chi connectivity index (χ3n) is 4.41. The first kappa shape index (κ1) is 19.2. The fourth-order valence-electron chi connectivity index (χ4n) is 3.11. The SMILES string of the molecule is C=Cc1ccn(CC(c2ccccc2S(N)(=O)=O)C(C)C)c1C=CC. The Morgan fingerprint density at radius 3 is 2.48 bits per heavy atom. The fraction of sp³-hybridized carbons (Fsp3) is 0.300. The van der Waals surface area contributed by atoms with E-state index in [1.54, 1.807) is 12.1 Å². The van der Waals surface area contributed by atoms with Gasteiger partial charge in [0.25, 0.3) is 0 Å². The summed E-state index contributed by atoms with van der Waals surface area (Å²) in [6, 6.07) is 9.02. The Labute approximate surface area is 150 Å². The van der Waals surface area contributed by atoms with Crippen LogP contribution in [0.2, 0.25) is 0 Å². The van der Waals surface area contributed by atoms with Gasteiger partial charge in [0.15, 0.2) is 0 Å². The van der Waals surface area contributed by atoms with Gasteiger partial charge in [-0.05, 0) is 42.2 Å². The molecule has 1 atom stereocenters. The first-order valence-corrected chi connectivity index (χ1v) is 9.90. The predicted octanol–water partition coefficient (Wildman–Crippen LogP) is 4.25. The molecule has 0 fully saturated rings. The molecule has 2 rings (SSSR count). The van der Waals surface area contributed by atoms with Gasteiger partial charge in [0.05, 0.1) is 4.90 Å². The zero-order chi connectivity index (χ0) is 18.6. The van der Waals surface area contributed by atoms with Crippen LogP contribution in [-0.4, -0.2) is 13.0 Å². The largest absolute Gasteiger partial charge is 0.347 e. The van der Waals surface area contributed by atoms with Crippen LogP contribution >= 0.6 is 0 Å². The zero-order valence-electron chi connectivity index (χ0n) is 15.0. The van der Waals surface area contributed by atoms with E-state index in [9.17, 15) is 8.42 Å². The third-order valence-corrected chi connectivity index (χ3v) is 5.39. The lowest BCUT2D eigenvalue weighted by molar-refractivity contribution is 0.429. The second kappa shape index (κ2) is 7.85. The monoisotopic (exact) mass is 358 g/mol. The Balaban J connectivity index is 2.53. The predicted molar refractivity (Wildman–Crippen MR) is 105 cm³/mol. The summed E-state index contributed by atoms with van der Waals surface area (Å²) in [5.74, 6) is 0.263. The molecule has 2 N–H and O–H groups in total. The Bertz CT molecular complexity index is 877. The molecule has 134 valence electrons. The molecule has 1 aromatic heterocycles. The number of hydrogen-bond donors (Lipinski definition) is 1. The second-order valence-electron chi connectivity index (χ2n) is 6.45. The van der Waals surface area contributed by atoms with Crippen LogP contribution in [0.1, 0.15) is 43.5 Å². The molecular weight excluding hydrogens is 332 g/mol. The molecule has 25 heavy (non-hydrogen) atoms. The van der Waals surface area contributed by atoms with E-state index in [0.29, 0.717) is 6.54 Å². The van der Waals surface area contributed by atoms with E-state index in [-0.39, 0.29) is 16.7 Å². The number of benzene rings is 1. The third kappa shape index (κ3) is 4.30. The van der Waals surface area contributed by atoms with Gasteiger partial charge in [0.1, 0.15) is 0 Å². The van der Waals surface area contributed by atoms with Crippen LogP contribution in [0.15, 0.2) is 54.1 Å². The van der Waals surface area contributed by atoms with Crippen molar-refractivity contribution >= 4 is 22.2 Å². The number of sulfonamides is 1. The normalized spacial score (nSPS) is 13.5. The standard InChI is InChI=1S/C20H26N2O2S/c1-5-9-19-16(6-2)12-13-22(19)14-18(15(3)4)17-10-7-8-11-20(17)25(21,23)24/h5-13,15,18H,2,14H2,1,3-4H3,(H2,21,23,24). The van der Waals surface area contributed by atoms with Crippen LogP contribution in [0.5, 0.6) is 0 Å². The Kier molecular flexibility index (Phi) is 6.03. The molecule has 1 heterocycles. The number of nitrogens with two attached hydrogens (primary N) is 1. The molecule has 0 aliphatic rings. The maximum atomic E-state index is 12.0.